The molecule has 1 fully saturated rings. The smallest absolute Gasteiger partial charge is 0.0487 e. The number of aliphatic hydroxyl groups is 1. The van der Waals surface area contributed by atoms with Gasteiger partial charge in [-0.15, -0.1) is 0 Å². The fourth-order valence-corrected chi connectivity index (χ4v) is 2.21. The minimum absolute atomic E-state index is 0.280. The molecule has 0 bridgehead atoms. The van der Waals surface area contributed by atoms with E-state index in [1.54, 1.807) is 0 Å². The second kappa shape index (κ2) is 4.03. The van der Waals surface area contributed by atoms with E-state index in [-0.39, 0.29) is 5.41 Å². The SMILES string of the molecule is OCC1(CCc2cccc(Br)c2)CC1. The Morgan fingerprint density at radius 2 is 2.14 bits per heavy atom. The summed E-state index contributed by atoms with van der Waals surface area (Å²) in [5.74, 6) is 0. The molecule has 2 heteroatoms. The standard InChI is InChI=1S/C12H15BrO/c13-11-3-1-2-10(8-11)4-5-12(9-14)6-7-12/h1-3,8,14H,4-7,9H2. The van der Waals surface area contributed by atoms with E-state index in [0.29, 0.717) is 6.61 Å². The van der Waals surface area contributed by atoms with E-state index in [0.717, 1.165) is 17.3 Å². The quantitative estimate of drug-likeness (QED) is 0.876. The van der Waals surface area contributed by atoms with Gasteiger partial charge < -0.3 is 5.11 Å². The van der Waals surface area contributed by atoms with Crippen LogP contribution in [0.3, 0.4) is 0 Å². The molecule has 1 aromatic rings. The van der Waals surface area contributed by atoms with Gasteiger partial charge in [-0.25, -0.2) is 0 Å². The van der Waals surface area contributed by atoms with Gasteiger partial charge in [-0.1, -0.05) is 28.1 Å². The van der Waals surface area contributed by atoms with E-state index in [2.05, 4.69) is 34.1 Å². The molecule has 0 aliphatic heterocycles. The average molecular weight is 255 g/mol. The molecule has 0 atom stereocenters. The molecule has 1 aromatic carbocycles. The lowest BCUT2D eigenvalue weighted by molar-refractivity contribution is 0.203. The van der Waals surface area contributed by atoms with Crippen molar-refractivity contribution in [2.24, 2.45) is 5.41 Å². The number of hydrogen-bond donors (Lipinski definition) is 1. The van der Waals surface area contributed by atoms with Crippen LogP contribution >= 0.6 is 15.9 Å². The average Bonchev–Trinajstić information content (AvgIpc) is 2.96. The van der Waals surface area contributed by atoms with Crippen LogP contribution in [0.25, 0.3) is 0 Å². The van der Waals surface area contributed by atoms with Crippen molar-refractivity contribution in [1.82, 2.24) is 0 Å². The molecule has 1 saturated carbocycles. The minimum Gasteiger partial charge on any atom is -0.396 e. The van der Waals surface area contributed by atoms with Crippen molar-refractivity contribution >= 4 is 15.9 Å². The van der Waals surface area contributed by atoms with E-state index in [1.165, 1.54) is 18.4 Å². The van der Waals surface area contributed by atoms with Crippen LogP contribution in [0.2, 0.25) is 0 Å². The Labute approximate surface area is 93.3 Å². The molecule has 1 nitrogen and oxygen atoms in total. The lowest BCUT2D eigenvalue weighted by Gasteiger charge is -2.10. The van der Waals surface area contributed by atoms with Crippen molar-refractivity contribution in [1.29, 1.82) is 0 Å². The molecule has 0 unspecified atom stereocenters. The summed E-state index contributed by atoms with van der Waals surface area (Å²) in [5, 5.41) is 9.18. The predicted octanol–water partition coefficient (Wildman–Crippen LogP) is 3.15. The Balaban J connectivity index is 1.92. The largest absolute Gasteiger partial charge is 0.396 e. The van der Waals surface area contributed by atoms with Crippen LogP contribution in [0, 0.1) is 5.41 Å². The van der Waals surface area contributed by atoms with E-state index in [9.17, 15) is 5.11 Å². The van der Waals surface area contributed by atoms with Crippen LogP contribution in [0.1, 0.15) is 24.8 Å². The zero-order chi connectivity index (χ0) is 10.0. The Hall–Kier alpha value is -0.340. The van der Waals surface area contributed by atoms with Gasteiger partial charge in [-0.2, -0.15) is 0 Å². The van der Waals surface area contributed by atoms with E-state index in [4.69, 9.17) is 0 Å². The summed E-state index contributed by atoms with van der Waals surface area (Å²) in [6, 6.07) is 8.42. The van der Waals surface area contributed by atoms with Crippen LogP contribution in [-0.2, 0) is 6.42 Å². The van der Waals surface area contributed by atoms with Gasteiger partial charge in [0.05, 0.1) is 0 Å². The van der Waals surface area contributed by atoms with Crippen LogP contribution in [0.5, 0.6) is 0 Å². The molecule has 1 N–H and O–H groups in total. The third-order valence-electron chi connectivity index (χ3n) is 3.13. The molecule has 1 aliphatic carbocycles. The van der Waals surface area contributed by atoms with Crippen molar-refractivity contribution in [3.05, 3.63) is 34.3 Å². The highest BCUT2D eigenvalue weighted by Gasteiger charge is 2.41. The Morgan fingerprint density at radius 1 is 1.36 bits per heavy atom. The highest BCUT2D eigenvalue weighted by Crippen LogP contribution is 2.48. The Bertz CT molecular complexity index is 318. The van der Waals surface area contributed by atoms with Gasteiger partial charge in [-0.3, -0.25) is 0 Å². The summed E-state index contributed by atoms with van der Waals surface area (Å²) in [6.07, 6.45) is 4.62. The van der Waals surface area contributed by atoms with Crippen molar-refractivity contribution in [3.8, 4) is 0 Å². The third kappa shape index (κ3) is 2.37. The third-order valence-corrected chi connectivity index (χ3v) is 3.62. The van der Waals surface area contributed by atoms with E-state index in [1.807, 2.05) is 6.07 Å². The summed E-state index contributed by atoms with van der Waals surface area (Å²) >= 11 is 3.47. The van der Waals surface area contributed by atoms with Crippen LogP contribution in [-0.4, -0.2) is 11.7 Å². The molecule has 0 amide bonds. The zero-order valence-electron chi connectivity index (χ0n) is 8.17. The first-order valence-corrected chi connectivity index (χ1v) is 5.89. The van der Waals surface area contributed by atoms with Crippen molar-refractivity contribution in [3.63, 3.8) is 0 Å². The summed E-state index contributed by atoms with van der Waals surface area (Å²) in [6.45, 7) is 0.362. The molecule has 14 heavy (non-hydrogen) atoms. The zero-order valence-corrected chi connectivity index (χ0v) is 9.76. The molecule has 0 spiro atoms. The molecule has 76 valence electrons. The van der Waals surface area contributed by atoms with Gasteiger partial charge >= 0.3 is 0 Å². The molecule has 2 rings (SSSR count). The molecular weight excluding hydrogens is 240 g/mol. The number of rotatable bonds is 4. The molecule has 0 heterocycles. The molecule has 0 saturated heterocycles. The van der Waals surface area contributed by atoms with Gasteiger partial charge in [0.15, 0.2) is 0 Å². The van der Waals surface area contributed by atoms with Gasteiger partial charge in [0.2, 0.25) is 0 Å². The number of aryl methyl sites for hydroxylation is 1. The van der Waals surface area contributed by atoms with Crippen molar-refractivity contribution in [2.45, 2.75) is 25.7 Å². The fraction of sp³-hybridized carbons (Fsp3) is 0.500. The summed E-state index contributed by atoms with van der Waals surface area (Å²) in [4.78, 5) is 0. The predicted molar refractivity (Wildman–Crippen MR) is 61.2 cm³/mol. The summed E-state index contributed by atoms with van der Waals surface area (Å²) in [7, 11) is 0. The van der Waals surface area contributed by atoms with Crippen molar-refractivity contribution in [2.75, 3.05) is 6.61 Å². The Morgan fingerprint density at radius 3 is 2.71 bits per heavy atom. The maximum atomic E-state index is 9.18. The molecular formula is C12H15BrO. The summed E-state index contributed by atoms with van der Waals surface area (Å²) < 4.78 is 1.14. The van der Waals surface area contributed by atoms with Gasteiger partial charge in [-0.05, 0) is 48.8 Å². The van der Waals surface area contributed by atoms with Gasteiger partial charge in [0.1, 0.15) is 0 Å². The summed E-state index contributed by atoms with van der Waals surface area (Å²) in [5.41, 5.74) is 1.64. The normalized spacial score (nSPS) is 18.1. The highest BCUT2D eigenvalue weighted by atomic mass is 79.9. The van der Waals surface area contributed by atoms with Crippen LogP contribution in [0.4, 0.5) is 0 Å². The number of benzene rings is 1. The Kier molecular flexibility index (Phi) is 2.93. The monoisotopic (exact) mass is 254 g/mol. The first kappa shape index (κ1) is 10.2. The van der Waals surface area contributed by atoms with Gasteiger partial charge in [0, 0.05) is 11.1 Å². The first-order valence-electron chi connectivity index (χ1n) is 5.09. The van der Waals surface area contributed by atoms with E-state index >= 15 is 0 Å². The topological polar surface area (TPSA) is 20.2 Å². The highest BCUT2D eigenvalue weighted by molar-refractivity contribution is 9.10. The van der Waals surface area contributed by atoms with Crippen molar-refractivity contribution < 1.29 is 5.11 Å². The van der Waals surface area contributed by atoms with E-state index < -0.39 is 0 Å². The lowest BCUT2D eigenvalue weighted by atomic mass is 9.98. The minimum atomic E-state index is 0.280. The first-order chi connectivity index (χ1) is 6.74. The second-order valence-corrected chi connectivity index (χ2v) is 5.20. The lowest BCUT2D eigenvalue weighted by Crippen LogP contribution is -2.07. The van der Waals surface area contributed by atoms with Crippen LogP contribution < -0.4 is 0 Å². The maximum absolute atomic E-state index is 9.18. The fourth-order valence-electron chi connectivity index (χ4n) is 1.77. The van der Waals surface area contributed by atoms with Gasteiger partial charge in [0.25, 0.3) is 0 Å². The molecule has 1 aliphatic rings. The maximum Gasteiger partial charge on any atom is 0.0487 e. The number of hydrogen-bond acceptors (Lipinski definition) is 1. The molecule has 0 aromatic heterocycles. The molecule has 0 radical (unpaired) electrons. The number of halogens is 1. The second-order valence-electron chi connectivity index (χ2n) is 4.29. The van der Waals surface area contributed by atoms with Crippen LogP contribution in [0.15, 0.2) is 28.7 Å². The number of aliphatic hydroxyl groups excluding tert-OH is 1.